The minimum absolute atomic E-state index is 0.00901. The summed E-state index contributed by atoms with van der Waals surface area (Å²) in [5, 5.41) is 6.81. The maximum atomic E-state index is 11.7. The molecular formula is C18H22ClN3O2. The third-order valence-electron chi connectivity index (χ3n) is 3.50. The smallest absolute Gasteiger partial charge is 0.224 e. The molecule has 1 aromatic heterocycles. The summed E-state index contributed by atoms with van der Waals surface area (Å²) >= 11 is 6.20. The summed E-state index contributed by atoms with van der Waals surface area (Å²) in [5.41, 5.74) is 3.78. The number of benzene rings is 1. The van der Waals surface area contributed by atoms with Gasteiger partial charge in [-0.1, -0.05) is 23.7 Å². The third kappa shape index (κ3) is 5.83. The van der Waals surface area contributed by atoms with Crippen LogP contribution in [0.3, 0.4) is 0 Å². The van der Waals surface area contributed by atoms with Gasteiger partial charge in [-0.15, -0.1) is 0 Å². The number of pyridine rings is 1. The Morgan fingerprint density at radius 2 is 2.04 bits per heavy atom. The van der Waals surface area contributed by atoms with E-state index >= 15 is 0 Å². The van der Waals surface area contributed by atoms with Gasteiger partial charge in [0.25, 0.3) is 0 Å². The Labute approximate surface area is 147 Å². The van der Waals surface area contributed by atoms with Gasteiger partial charge in [0.2, 0.25) is 5.91 Å². The molecule has 24 heavy (non-hydrogen) atoms. The summed E-state index contributed by atoms with van der Waals surface area (Å²) in [4.78, 5) is 16.0. The highest BCUT2D eigenvalue weighted by Gasteiger charge is 2.04. The highest BCUT2D eigenvalue weighted by Crippen LogP contribution is 2.18. The number of aryl methyl sites for hydroxylation is 1. The second kappa shape index (κ2) is 9.25. The van der Waals surface area contributed by atoms with Crippen LogP contribution in [0.1, 0.15) is 16.8 Å². The average Bonchev–Trinajstić information content (AvgIpc) is 2.56. The molecule has 6 heteroatoms. The van der Waals surface area contributed by atoms with E-state index in [1.807, 2.05) is 37.3 Å². The molecule has 5 nitrogen and oxygen atoms in total. The molecule has 1 aromatic carbocycles. The van der Waals surface area contributed by atoms with Crippen molar-refractivity contribution in [2.75, 3.05) is 25.6 Å². The van der Waals surface area contributed by atoms with Crippen molar-refractivity contribution in [1.29, 1.82) is 0 Å². The first-order chi connectivity index (χ1) is 11.6. The lowest BCUT2D eigenvalue weighted by Crippen LogP contribution is -2.28. The highest BCUT2D eigenvalue weighted by molar-refractivity contribution is 6.31. The van der Waals surface area contributed by atoms with Gasteiger partial charge < -0.3 is 15.4 Å². The largest absolute Gasteiger partial charge is 0.383 e. The molecule has 0 bridgehead atoms. The molecule has 0 atom stereocenters. The summed E-state index contributed by atoms with van der Waals surface area (Å²) < 4.78 is 4.90. The molecule has 1 amide bonds. The molecule has 0 radical (unpaired) electrons. The summed E-state index contributed by atoms with van der Waals surface area (Å²) in [6.45, 7) is 3.56. The van der Waals surface area contributed by atoms with Crippen LogP contribution in [0.5, 0.6) is 0 Å². The summed E-state index contributed by atoms with van der Waals surface area (Å²) in [7, 11) is 1.61. The number of anilines is 1. The van der Waals surface area contributed by atoms with Crippen LogP contribution in [0.15, 0.2) is 36.5 Å². The number of hydrogen-bond acceptors (Lipinski definition) is 4. The summed E-state index contributed by atoms with van der Waals surface area (Å²) in [5.74, 6) is -0.00901. The molecule has 0 aliphatic heterocycles. The van der Waals surface area contributed by atoms with E-state index < -0.39 is 0 Å². The number of nitrogens with one attached hydrogen (secondary N) is 2. The van der Waals surface area contributed by atoms with Gasteiger partial charge in [-0.05, 0) is 30.7 Å². The zero-order valence-corrected chi connectivity index (χ0v) is 14.7. The summed E-state index contributed by atoms with van der Waals surface area (Å²) in [6, 6.07) is 9.63. The molecule has 0 spiro atoms. The van der Waals surface area contributed by atoms with E-state index in [2.05, 4.69) is 15.6 Å². The van der Waals surface area contributed by atoms with Gasteiger partial charge in [-0.2, -0.15) is 0 Å². The van der Waals surface area contributed by atoms with E-state index in [1.54, 1.807) is 13.3 Å². The van der Waals surface area contributed by atoms with Gasteiger partial charge in [0.1, 0.15) is 0 Å². The lowest BCUT2D eigenvalue weighted by Gasteiger charge is -2.09. The number of methoxy groups -OCH3 is 1. The van der Waals surface area contributed by atoms with E-state index in [9.17, 15) is 4.79 Å². The van der Waals surface area contributed by atoms with Crippen molar-refractivity contribution in [2.24, 2.45) is 0 Å². The van der Waals surface area contributed by atoms with Crippen molar-refractivity contribution in [3.8, 4) is 0 Å². The van der Waals surface area contributed by atoms with Crippen LogP contribution < -0.4 is 10.6 Å². The van der Waals surface area contributed by atoms with E-state index in [4.69, 9.17) is 16.3 Å². The van der Waals surface area contributed by atoms with Gasteiger partial charge in [0, 0.05) is 48.4 Å². The maximum Gasteiger partial charge on any atom is 0.224 e. The molecular weight excluding hydrogens is 326 g/mol. The van der Waals surface area contributed by atoms with Crippen LogP contribution in [0.4, 0.5) is 5.69 Å². The van der Waals surface area contributed by atoms with E-state index in [0.29, 0.717) is 31.1 Å². The Hall–Kier alpha value is -2.11. The number of halogens is 1. The first kappa shape index (κ1) is 18.2. The van der Waals surface area contributed by atoms with Gasteiger partial charge in [0.05, 0.1) is 13.0 Å². The number of amides is 1. The lowest BCUT2D eigenvalue weighted by atomic mass is 10.1. The van der Waals surface area contributed by atoms with Crippen LogP contribution >= 0.6 is 11.6 Å². The fraction of sp³-hybridized carbons (Fsp3) is 0.333. The van der Waals surface area contributed by atoms with Crippen molar-refractivity contribution in [1.82, 2.24) is 10.3 Å². The van der Waals surface area contributed by atoms with Crippen molar-refractivity contribution >= 4 is 23.2 Å². The van der Waals surface area contributed by atoms with Crippen molar-refractivity contribution in [3.05, 3.63) is 58.4 Å². The number of carbonyl (C=O) groups is 1. The molecule has 2 aromatic rings. The first-order valence-corrected chi connectivity index (χ1v) is 8.15. The van der Waals surface area contributed by atoms with Crippen LogP contribution in [0.2, 0.25) is 5.02 Å². The fourth-order valence-electron chi connectivity index (χ4n) is 2.16. The minimum Gasteiger partial charge on any atom is -0.383 e. The summed E-state index contributed by atoms with van der Waals surface area (Å²) in [6.07, 6.45) is 2.14. The average molecular weight is 348 g/mol. The maximum absolute atomic E-state index is 11.7. The molecule has 0 unspecified atom stereocenters. The topological polar surface area (TPSA) is 63.2 Å². The number of carbonyl (C=O) groups excluding carboxylic acids is 1. The molecule has 0 aliphatic carbocycles. The number of hydrogen-bond donors (Lipinski definition) is 2. The van der Waals surface area contributed by atoms with Crippen molar-refractivity contribution in [3.63, 3.8) is 0 Å². The van der Waals surface area contributed by atoms with Crippen molar-refractivity contribution in [2.45, 2.75) is 19.9 Å². The predicted octanol–water partition coefficient (Wildman–Crippen LogP) is 2.96. The highest BCUT2D eigenvalue weighted by atomic mass is 35.5. The Bertz CT molecular complexity index is 674. The zero-order chi connectivity index (χ0) is 17.4. The van der Waals surface area contributed by atoms with E-state index in [0.717, 1.165) is 22.5 Å². The van der Waals surface area contributed by atoms with Gasteiger partial charge in [-0.25, -0.2) is 0 Å². The SMILES string of the molecule is COCCNC(=O)Cc1ccc(NCc2cnc(C)cc2Cl)cc1. The molecule has 2 N–H and O–H groups in total. The van der Waals surface area contributed by atoms with Gasteiger partial charge >= 0.3 is 0 Å². The Balaban J connectivity index is 1.84. The first-order valence-electron chi connectivity index (χ1n) is 7.78. The number of ether oxygens (including phenoxy) is 1. The quantitative estimate of drug-likeness (QED) is 0.721. The molecule has 0 aliphatic rings. The molecule has 2 rings (SSSR count). The van der Waals surface area contributed by atoms with Gasteiger partial charge in [-0.3, -0.25) is 9.78 Å². The Kier molecular flexibility index (Phi) is 7.03. The van der Waals surface area contributed by atoms with Crippen LogP contribution in [0, 0.1) is 6.92 Å². The standard InChI is InChI=1S/C18H22ClN3O2/c1-13-9-17(19)15(11-21-13)12-22-16-5-3-14(4-6-16)10-18(23)20-7-8-24-2/h3-6,9,11,22H,7-8,10,12H2,1-2H3,(H,20,23). The molecule has 0 fully saturated rings. The minimum atomic E-state index is -0.00901. The Morgan fingerprint density at radius 3 is 2.71 bits per heavy atom. The zero-order valence-electron chi connectivity index (χ0n) is 13.9. The van der Waals surface area contributed by atoms with Crippen LogP contribution in [0.25, 0.3) is 0 Å². The van der Waals surface area contributed by atoms with E-state index in [1.165, 1.54) is 0 Å². The molecule has 0 saturated heterocycles. The second-order valence-electron chi connectivity index (χ2n) is 5.49. The monoisotopic (exact) mass is 347 g/mol. The van der Waals surface area contributed by atoms with Crippen LogP contribution in [-0.2, 0) is 22.5 Å². The number of aromatic nitrogens is 1. The number of nitrogens with zero attached hydrogens (tertiary/aromatic N) is 1. The molecule has 128 valence electrons. The van der Waals surface area contributed by atoms with Crippen molar-refractivity contribution < 1.29 is 9.53 Å². The predicted molar refractivity (Wildman–Crippen MR) is 96.3 cm³/mol. The van der Waals surface area contributed by atoms with Gasteiger partial charge in [0.15, 0.2) is 0 Å². The molecule has 0 saturated carbocycles. The number of rotatable bonds is 8. The Morgan fingerprint density at radius 1 is 1.29 bits per heavy atom. The van der Waals surface area contributed by atoms with Crippen LogP contribution in [-0.4, -0.2) is 31.2 Å². The third-order valence-corrected chi connectivity index (χ3v) is 3.85. The normalized spacial score (nSPS) is 10.5. The fourth-order valence-corrected chi connectivity index (χ4v) is 2.44. The van der Waals surface area contributed by atoms with E-state index in [-0.39, 0.29) is 5.91 Å². The second-order valence-corrected chi connectivity index (χ2v) is 5.89. The molecule has 1 heterocycles. The lowest BCUT2D eigenvalue weighted by molar-refractivity contribution is -0.120.